The second-order valence-electron chi connectivity index (χ2n) is 4.27. The van der Waals surface area contributed by atoms with Gasteiger partial charge in [0.25, 0.3) is 0 Å². The number of halogens is 2. The molecule has 0 bridgehead atoms. The Labute approximate surface area is 113 Å². The molecule has 0 spiro atoms. The maximum atomic E-state index is 13.8. The number of aromatic amines is 1. The average Bonchev–Trinajstić information content (AvgIpc) is 3.09. The molecule has 3 nitrogen and oxygen atoms in total. The summed E-state index contributed by atoms with van der Waals surface area (Å²) in [5.74, 6) is -1.64. The molecule has 0 unspecified atom stereocenters. The van der Waals surface area contributed by atoms with Crippen molar-refractivity contribution >= 4 is 5.78 Å². The number of carbonyl (C=O) groups is 1. The summed E-state index contributed by atoms with van der Waals surface area (Å²) in [6.07, 6.45) is 3.20. The van der Waals surface area contributed by atoms with E-state index in [1.165, 1.54) is 10.6 Å². The normalized spacial score (nSPS) is 10.7. The lowest BCUT2D eigenvalue weighted by molar-refractivity contribution is 0.102. The van der Waals surface area contributed by atoms with Crippen LogP contribution in [0.3, 0.4) is 0 Å². The third kappa shape index (κ3) is 2.03. The van der Waals surface area contributed by atoms with Crippen LogP contribution < -0.4 is 0 Å². The van der Waals surface area contributed by atoms with Crippen LogP contribution in [0.25, 0.3) is 5.69 Å². The largest absolute Gasteiger partial charge is 0.358 e. The molecule has 1 N–H and O–H groups in total. The molecule has 1 aromatic carbocycles. The highest BCUT2D eigenvalue weighted by molar-refractivity contribution is 6.07. The molecule has 20 heavy (non-hydrogen) atoms. The summed E-state index contributed by atoms with van der Waals surface area (Å²) < 4.78 is 28.2. The van der Waals surface area contributed by atoms with E-state index >= 15 is 0 Å². The van der Waals surface area contributed by atoms with Gasteiger partial charge in [0.15, 0.2) is 0 Å². The van der Waals surface area contributed by atoms with E-state index in [2.05, 4.69) is 4.98 Å². The van der Waals surface area contributed by atoms with Crippen molar-refractivity contribution in [3.8, 4) is 5.69 Å². The zero-order chi connectivity index (χ0) is 14.1. The minimum absolute atomic E-state index is 0.131. The van der Waals surface area contributed by atoms with Crippen molar-refractivity contribution in [3.05, 3.63) is 77.9 Å². The monoisotopic (exact) mass is 272 g/mol. The SMILES string of the molecule is O=C(c1ccc[nH]1)c1cccn1-c1ccc(F)cc1F. The maximum absolute atomic E-state index is 13.8. The number of ketones is 1. The summed E-state index contributed by atoms with van der Waals surface area (Å²) in [6, 6.07) is 9.82. The predicted molar refractivity (Wildman–Crippen MR) is 69.9 cm³/mol. The Kier molecular flexibility index (Phi) is 2.95. The van der Waals surface area contributed by atoms with E-state index in [1.54, 1.807) is 36.7 Å². The number of benzene rings is 1. The van der Waals surface area contributed by atoms with E-state index in [4.69, 9.17) is 0 Å². The average molecular weight is 272 g/mol. The molecule has 0 aliphatic carbocycles. The summed E-state index contributed by atoms with van der Waals surface area (Å²) in [4.78, 5) is 15.1. The van der Waals surface area contributed by atoms with Gasteiger partial charge in [-0.3, -0.25) is 4.79 Å². The van der Waals surface area contributed by atoms with Gasteiger partial charge in [0.1, 0.15) is 11.6 Å². The molecule has 0 radical (unpaired) electrons. The van der Waals surface area contributed by atoms with Crippen LogP contribution in [-0.2, 0) is 0 Å². The minimum atomic E-state index is -0.721. The number of aromatic nitrogens is 2. The highest BCUT2D eigenvalue weighted by Gasteiger charge is 2.16. The molecule has 0 saturated carbocycles. The van der Waals surface area contributed by atoms with Gasteiger partial charge in [0.2, 0.25) is 5.78 Å². The second kappa shape index (κ2) is 4.77. The lowest BCUT2D eigenvalue weighted by Gasteiger charge is -2.09. The first-order valence-corrected chi connectivity index (χ1v) is 5.97. The fourth-order valence-corrected chi connectivity index (χ4v) is 2.06. The second-order valence-corrected chi connectivity index (χ2v) is 4.27. The lowest BCUT2D eigenvalue weighted by atomic mass is 10.2. The third-order valence-corrected chi connectivity index (χ3v) is 2.99. The molecule has 0 atom stereocenters. The molecule has 2 heterocycles. The number of hydrogen-bond donors (Lipinski definition) is 1. The van der Waals surface area contributed by atoms with Crippen molar-refractivity contribution in [3.63, 3.8) is 0 Å². The van der Waals surface area contributed by atoms with E-state index in [1.807, 2.05) is 0 Å². The van der Waals surface area contributed by atoms with E-state index in [-0.39, 0.29) is 11.5 Å². The first kappa shape index (κ1) is 12.3. The third-order valence-electron chi connectivity index (χ3n) is 2.99. The van der Waals surface area contributed by atoms with Crippen molar-refractivity contribution in [2.24, 2.45) is 0 Å². The van der Waals surface area contributed by atoms with Crippen LogP contribution in [0.1, 0.15) is 16.2 Å². The van der Waals surface area contributed by atoms with Crippen molar-refractivity contribution in [1.82, 2.24) is 9.55 Å². The van der Waals surface area contributed by atoms with Gasteiger partial charge in [-0.25, -0.2) is 8.78 Å². The van der Waals surface area contributed by atoms with E-state index in [9.17, 15) is 13.6 Å². The number of hydrogen-bond acceptors (Lipinski definition) is 1. The first-order chi connectivity index (χ1) is 9.66. The van der Waals surface area contributed by atoms with Crippen molar-refractivity contribution in [2.75, 3.05) is 0 Å². The minimum Gasteiger partial charge on any atom is -0.358 e. The number of nitrogens with one attached hydrogen (secondary N) is 1. The summed E-state index contributed by atoms with van der Waals surface area (Å²) in [5.41, 5.74) is 0.844. The number of nitrogens with zero attached hydrogens (tertiary/aromatic N) is 1. The van der Waals surface area contributed by atoms with Crippen molar-refractivity contribution < 1.29 is 13.6 Å². The molecule has 0 aliphatic rings. The molecule has 0 fully saturated rings. The Hall–Kier alpha value is -2.69. The Morgan fingerprint density at radius 1 is 1.10 bits per heavy atom. The van der Waals surface area contributed by atoms with Gasteiger partial charge >= 0.3 is 0 Å². The van der Waals surface area contributed by atoms with Crippen LogP contribution in [-0.4, -0.2) is 15.3 Å². The summed E-state index contributed by atoms with van der Waals surface area (Å²) in [7, 11) is 0. The van der Waals surface area contributed by atoms with Crippen molar-refractivity contribution in [2.45, 2.75) is 0 Å². The molecular formula is C15H10F2N2O. The molecule has 3 rings (SSSR count). The summed E-state index contributed by atoms with van der Waals surface area (Å²) >= 11 is 0. The van der Waals surface area contributed by atoms with Gasteiger partial charge in [-0.05, 0) is 36.4 Å². The Morgan fingerprint density at radius 2 is 1.95 bits per heavy atom. The molecule has 0 saturated heterocycles. The smallest absolute Gasteiger partial charge is 0.225 e. The molecular weight excluding hydrogens is 262 g/mol. The summed E-state index contributed by atoms with van der Waals surface area (Å²) in [5, 5.41) is 0. The van der Waals surface area contributed by atoms with Crippen LogP contribution in [0.15, 0.2) is 54.9 Å². The van der Waals surface area contributed by atoms with Gasteiger partial charge in [0, 0.05) is 18.5 Å². The zero-order valence-corrected chi connectivity index (χ0v) is 10.3. The van der Waals surface area contributed by atoms with Crippen LogP contribution in [0.4, 0.5) is 8.78 Å². The highest BCUT2D eigenvalue weighted by Crippen LogP contribution is 2.19. The quantitative estimate of drug-likeness (QED) is 0.730. The summed E-state index contributed by atoms with van der Waals surface area (Å²) in [6.45, 7) is 0. The predicted octanol–water partition coefficient (Wildman–Crippen LogP) is 3.31. The van der Waals surface area contributed by atoms with Gasteiger partial charge in [0.05, 0.1) is 17.1 Å². The van der Waals surface area contributed by atoms with Crippen LogP contribution in [0, 0.1) is 11.6 Å². The van der Waals surface area contributed by atoms with Gasteiger partial charge < -0.3 is 9.55 Å². The fraction of sp³-hybridized carbons (Fsp3) is 0. The molecule has 2 aromatic heterocycles. The maximum Gasteiger partial charge on any atom is 0.225 e. The van der Waals surface area contributed by atoms with Crippen LogP contribution >= 0.6 is 0 Å². The van der Waals surface area contributed by atoms with Gasteiger partial charge in [-0.1, -0.05) is 0 Å². The molecule has 3 aromatic rings. The standard InChI is InChI=1S/C15H10F2N2O/c16-10-5-6-13(11(17)9-10)19-8-2-4-14(19)15(20)12-3-1-7-18-12/h1-9,18H. The van der Waals surface area contributed by atoms with E-state index in [0.717, 1.165) is 12.1 Å². The first-order valence-electron chi connectivity index (χ1n) is 5.97. The van der Waals surface area contributed by atoms with Gasteiger partial charge in [-0.15, -0.1) is 0 Å². The Bertz CT molecular complexity index is 760. The molecule has 5 heteroatoms. The highest BCUT2D eigenvalue weighted by atomic mass is 19.1. The van der Waals surface area contributed by atoms with E-state index < -0.39 is 11.6 Å². The van der Waals surface area contributed by atoms with Crippen molar-refractivity contribution in [1.29, 1.82) is 0 Å². The fourth-order valence-electron chi connectivity index (χ4n) is 2.06. The molecule has 100 valence electrons. The van der Waals surface area contributed by atoms with Crippen LogP contribution in [0.2, 0.25) is 0 Å². The Balaban J connectivity index is 2.08. The topological polar surface area (TPSA) is 37.8 Å². The number of carbonyl (C=O) groups excluding carboxylic acids is 1. The Morgan fingerprint density at radius 3 is 2.65 bits per heavy atom. The molecule has 0 aliphatic heterocycles. The van der Waals surface area contributed by atoms with Gasteiger partial charge in [-0.2, -0.15) is 0 Å². The number of rotatable bonds is 3. The lowest BCUT2D eigenvalue weighted by Crippen LogP contribution is -2.09. The van der Waals surface area contributed by atoms with Crippen LogP contribution in [0.5, 0.6) is 0 Å². The zero-order valence-electron chi connectivity index (χ0n) is 10.3. The molecule has 0 amide bonds. The number of H-pyrrole nitrogens is 1. The van der Waals surface area contributed by atoms with E-state index in [0.29, 0.717) is 11.4 Å².